The average molecular weight is 940 g/mol. The van der Waals surface area contributed by atoms with Crippen LogP contribution in [0.5, 0.6) is 0 Å². The second-order valence-corrected chi connectivity index (χ2v) is 20.5. The maximum Gasteiger partial charge on any atom is 0.329 e. The van der Waals surface area contributed by atoms with Gasteiger partial charge in [0.1, 0.15) is 17.9 Å². The molecule has 1 saturated carbocycles. The summed E-state index contributed by atoms with van der Waals surface area (Å²) in [7, 11) is 3.25. The number of piperidine rings is 1. The van der Waals surface area contributed by atoms with Gasteiger partial charge in [0.05, 0.1) is 43.7 Å². The Balaban J connectivity index is 1.68. The van der Waals surface area contributed by atoms with E-state index in [0.717, 1.165) is 30.4 Å². The third-order valence-corrected chi connectivity index (χ3v) is 15.3. The molecule has 4 aliphatic rings. The molecule has 3 aliphatic heterocycles. The highest BCUT2D eigenvalue weighted by Gasteiger charge is 2.53. The van der Waals surface area contributed by atoms with Gasteiger partial charge in [-0.3, -0.25) is 14.4 Å². The van der Waals surface area contributed by atoms with E-state index in [1.165, 1.54) is 4.90 Å². The number of ether oxygens (including phenoxy) is 5. The van der Waals surface area contributed by atoms with Crippen LogP contribution in [0.2, 0.25) is 0 Å². The minimum atomic E-state index is -2.41. The van der Waals surface area contributed by atoms with Gasteiger partial charge in [-0.2, -0.15) is 0 Å². The van der Waals surface area contributed by atoms with E-state index in [0.29, 0.717) is 50.5 Å². The van der Waals surface area contributed by atoms with E-state index in [4.69, 9.17) is 23.7 Å². The number of aliphatic hydroxyl groups is 3. The predicted octanol–water partition coefficient (Wildman–Crippen LogP) is 7.81. The molecule has 3 N–H and O–H groups in total. The van der Waals surface area contributed by atoms with E-state index in [9.17, 15) is 34.5 Å². The highest BCUT2D eigenvalue weighted by molar-refractivity contribution is 6.39. The zero-order chi connectivity index (χ0) is 49.6. The van der Waals surface area contributed by atoms with Gasteiger partial charge in [-0.05, 0) is 113 Å². The highest BCUT2D eigenvalue weighted by Crippen LogP contribution is 2.38. The number of esters is 1. The van der Waals surface area contributed by atoms with Gasteiger partial charge in [0, 0.05) is 51.4 Å². The molecule has 2 bridgehead atoms. The first kappa shape index (κ1) is 56.3. The number of carbonyl (C=O) groups is 4. The molecule has 1 aliphatic carbocycles. The number of ketones is 2. The van der Waals surface area contributed by atoms with Crippen LogP contribution in [0.4, 0.5) is 0 Å². The second-order valence-electron chi connectivity index (χ2n) is 20.5. The summed E-state index contributed by atoms with van der Waals surface area (Å²) in [6, 6.07) is -1.11. The van der Waals surface area contributed by atoms with Gasteiger partial charge in [0.2, 0.25) is 5.79 Å². The summed E-state index contributed by atoms with van der Waals surface area (Å²) in [5, 5.41) is 32.9. The van der Waals surface area contributed by atoms with E-state index in [-0.39, 0.29) is 86.3 Å². The number of carbonyl (C=O) groups excluding carboxylic acids is 4. The Morgan fingerprint density at radius 1 is 0.896 bits per heavy atom. The molecule has 0 aromatic rings. The maximum atomic E-state index is 14.5. The first-order valence-corrected chi connectivity index (χ1v) is 25.1. The minimum Gasteiger partial charge on any atom is -0.460 e. The molecule has 0 aromatic heterocycles. The molecule has 378 valence electrons. The highest BCUT2D eigenvalue weighted by atomic mass is 16.6. The molecular weight excluding hydrogens is 855 g/mol. The zero-order valence-electron chi connectivity index (χ0n) is 42.3. The third-order valence-electron chi connectivity index (χ3n) is 15.3. The summed E-state index contributed by atoms with van der Waals surface area (Å²) < 4.78 is 30.1. The van der Waals surface area contributed by atoms with E-state index < -0.39 is 59.6 Å². The number of hydrogen-bond acceptors (Lipinski definition) is 12. The molecule has 13 nitrogen and oxygen atoms in total. The van der Waals surface area contributed by atoms with Crippen LogP contribution >= 0.6 is 0 Å². The van der Waals surface area contributed by atoms with Crippen molar-refractivity contribution in [2.75, 3.05) is 34.0 Å². The van der Waals surface area contributed by atoms with Crippen molar-refractivity contribution in [1.29, 1.82) is 0 Å². The molecule has 0 spiro atoms. The van der Waals surface area contributed by atoms with Crippen LogP contribution in [0.25, 0.3) is 0 Å². The molecule has 0 radical (unpaired) electrons. The lowest BCUT2D eigenvalue weighted by molar-refractivity contribution is -0.265. The second kappa shape index (κ2) is 26.6. The average Bonchev–Trinajstić information content (AvgIpc) is 3.31. The van der Waals surface area contributed by atoms with Gasteiger partial charge >= 0.3 is 5.97 Å². The number of Topliss-reactive ketones (excluding diaryl/α,β-unsaturated/α-hetero) is 2. The first-order valence-electron chi connectivity index (χ1n) is 25.1. The number of nitrogens with zero attached hydrogens (tertiary/aromatic N) is 1. The van der Waals surface area contributed by atoms with E-state index >= 15 is 0 Å². The molecule has 15 atom stereocenters. The van der Waals surface area contributed by atoms with Gasteiger partial charge in [-0.15, -0.1) is 0 Å². The molecule has 1 amide bonds. The van der Waals surface area contributed by atoms with Crippen molar-refractivity contribution >= 4 is 23.4 Å². The van der Waals surface area contributed by atoms with E-state index in [1.54, 1.807) is 34.1 Å². The fraction of sp³-hybridized carbons (Fsp3) is 0.741. The number of amides is 1. The third kappa shape index (κ3) is 15.3. The van der Waals surface area contributed by atoms with Crippen molar-refractivity contribution < 1.29 is 58.2 Å². The number of aliphatic hydroxyl groups excluding tert-OH is 2. The molecule has 3 fully saturated rings. The fourth-order valence-electron chi connectivity index (χ4n) is 10.7. The molecule has 67 heavy (non-hydrogen) atoms. The standard InChI is InChI=1S/C54H85NO12/c1-33-17-13-12-14-18-34(2)47(63-10)31-43-22-20-39(7)54(62,67-43)51(59)52(60)55-24-16-15-19-44(55)53(61)66-48(37(5)29-42-21-23-46(65-26-25-56)49(30-42)64-11)32-45(57)36(4)28-38(6)50(58)41(9)40(8)35(3)27-33/h12-14,17-18,28,33,35-37,39,41-44,46-50,56,58,62H,8,15-16,19-27,29-32H2,1-7,9-11H3/b14-12+,17-13+,34-18+,38-28+/t33-,35-,36-,37+,39-,41+,42+,43+,44+,46-,47+,48+,49-,50-,54-/m1/s1. The minimum absolute atomic E-state index is 0.0802. The van der Waals surface area contributed by atoms with Crippen LogP contribution in [-0.2, 0) is 42.9 Å². The molecular formula is C54H85NO12. The first-order chi connectivity index (χ1) is 31.7. The van der Waals surface area contributed by atoms with Crippen LogP contribution < -0.4 is 0 Å². The van der Waals surface area contributed by atoms with Crippen LogP contribution in [0, 0.1) is 41.4 Å². The van der Waals surface area contributed by atoms with Gasteiger partial charge < -0.3 is 43.9 Å². The van der Waals surface area contributed by atoms with Gasteiger partial charge in [0.25, 0.3) is 11.7 Å². The van der Waals surface area contributed by atoms with Gasteiger partial charge in [0.15, 0.2) is 0 Å². The summed E-state index contributed by atoms with van der Waals surface area (Å²) in [6.07, 6.45) is 15.1. The molecule has 13 heteroatoms. The summed E-state index contributed by atoms with van der Waals surface area (Å²) in [4.78, 5) is 58.5. The van der Waals surface area contributed by atoms with Crippen LogP contribution in [-0.4, -0.2) is 126 Å². The molecule has 0 unspecified atom stereocenters. The Morgan fingerprint density at radius 3 is 2.31 bits per heavy atom. The molecule has 0 aromatic carbocycles. The topological polar surface area (TPSA) is 178 Å². The lowest BCUT2D eigenvalue weighted by Gasteiger charge is -2.42. The van der Waals surface area contributed by atoms with Crippen molar-refractivity contribution in [3.63, 3.8) is 0 Å². The normalized spacial score (nSPS) is 39.6. The number of cyclic esters (lactones) is 1. The van der Waals surface area contributed by atoms with Crippen molar-refractivity contribution in [2.24, 2.45) is 41.4 Å². The largest absolute Gasteiger partial charge is 0.460 e. The lowest BCUT2D eigenvalue weighted by Crippen LogP contribution is -2.61. The Hall–Kier alpha value is -3.30. The quantitative estimate of drug-likeness (QED) is 0.122. The summed E-state index contributed by atoms with van der Waals surface area (Å²) in [5.41, 5.74) is 2.51. The molecule has 2 saturated heterocycles. The van der Waals surface area contributed by atoms with E-state index in [1.807, 2.05) is 52.0 Å². The predicted molar refractivity (Wildman–Crippen MR) is 258 cm³/mol. The van der Waals surface area contributed by atoms with Crippen LogP contribution in [0.3, 0.4) is 0 Å². The SMILES string of the molecule is C=C1[C@H](C)C[C@H](C)/C=C/C=C/C=C(\C)[C@@H](OC)C[C@@H]2CC[C@@H](C)[C@@](O)(O2)C(=O)C(=O)N2CCCC[C@H]2C(=O)O[C@H]([C@@H](C)C[C@@H]2CC[C@@H](OCCO)[C@H](OC)C2)CC(=O)[C@H](C)/C=C(\C)[C@@H](O)[C@H]1C. The summed E-state index contributed by atoms with van der Waals surface area (Å²) in [5.74, 6) is -6.73. The number of rotatable bonds is 8. The number of hydrogen-bond donors (Lipinski definition) is 3. The Bertz CT molecular complexity index is 1790. The zero-order valence-corrected chi connectivity index (χ0v) is 42.3. The lowest BCUT2D eigenvalue weighted by atomic mass is 9.78. The fourth-order valence-corrected chi connectivity index (χ4v) is 10.7. The molecule has 3 heterocycles. The van der Waals surface area contributed by atoms with Crippen molar-refractivity contribution in [1.82, 2.24) is 4.90 Å². The number of fused-ring (bicyclic) bond motifs is 3. The molecule has 4 rings (SSSR count). The van der Waals surface area contributed by atoms with Crippen molar-refractivity contribution in [3.8, 4) is 0 Å². The Labute approximate surface area is 401 Å². The van der Waals surface area contributed by atoms with Crippen LogP contribution in [0.1, 0.15) is 132 Å². The smallest absolute Gasteiger partial charge is 0.329 e. The Kier molecular flexibility index (Phi) is 22.4. The van der Waals surface area contributed by atoms with Crippen molar-refractivity contribution in [2.45, 2.75) is 181 Å². The van der Waals surface area contributed by atoms with Gasteiger partial charge in [-0.25, -0.2) is 4.79 Å². The maximum absolute atomic E-state index is 14.5. The van der Waals surface area contributed by atoms with Gasteiger partial charge in [-0.1, -0.05) is 90.2 Å². The van der Waals surface area contributed by atoms with Crippen LogP contribution in [0.15, 0.2) is 59.8 Å². The number of methoxy groups -OCH3 is 2. The summed E-state index contributed by atoms with van der Waals surface area (Å²) in [6.45, 7) is 20.1. The Morgan fingerprint density at radius 2 is 1.63 bits per heavy atom. The van der Waals surface area contributed by atoms with E-state index in [2.05, 4.69) is 26.5 Å². The van der Waals surface area contributed by atoms with Crippen molar-refractivity contribution in [3.05, 3.63) is 59.8 Å². The number of allylic oxidation sites excluding steroid dienone is 6. The summed E-state index contributed by atoms with van der Waals surface area (Å²) >= 11 is 0. The monoisotopic (exact) mass is 940 g/mol.